The number of carbonyl (C=O) groups is 2. The van der Waals surface area contributed by atoms with E-state index in [2.05, 4.69) is 84.6 Å². The van der Waals surface area contributed by atoms with Crippen molar-refractivity contribution in [1.29, 1.82) is 0 Å². The average molecular weight is 606 g/mol. The lowest BCUT2D eigenvalue weighted by Gasteiger charge is -2.43. The lowest BCUT2D eigenvalue weighted by Crippen LogP contribution is -2.58. The van der Waals surface area contributed by atoms with E-state index in [4.69, 9.17) is 9.72 Å². The van der Waals surface area contributed by atoms with Gasteiger partial charge in [-0.15, -0.1) is 11.8 Å². The van der Waals surface area contributed by atoms with E-state index in [1.54, 1.807) is 11.8 Å². The number of piperazine rings is 1. The van der Waals surface area contributed by atoms with Gasteiger partial charge in [-0.3, -0.25) is 4.79 Å². The fourth-order valence-electron chi connectivity index (χ4n) is 6.59. The number of benzene rings is 3. The number of nitrogens with zero attached hydrogens (tertiary/aromatic N) is 3. The maximum Gasteiger partial charge on any atom is 0.410 e. The van der Waals surface area contributed by atoms with Gasteiger partial charge in [0.25, 0.3) is 0 Å². The Hall–Kier alpha value is -4.10. The summed E-state index contributed by atoms with van der Waals surface area (Å²) in [6, 6.07) is 33.9. The molecule has 0 aliphatic carbocycles. The summed E-state index contributed by atoms with van der Waals surface area (Å²) in [6.07, 6.45) is 1.40. The van der Waals surface area contributed by atoms with E-state index < -0.39 is 10.3 Å². The Morgan fingerprint density at radius 2 is 1.45 bits per heavy atom. The summed E-state index contributed by atoms with van der Waals surface area (Å²) in [6.45, 7) is 8.93. The molecule has 1 aromatic heterocycles. The number of thioether (sulfide) groups is 1. The zero-order valence-electron chi connectivity index (χ0n) is 25.8. The highest BCUT2D eigenvalue weighted by Crippen LogP contribution is 2.50. The number of carbonyl (C=O) groups excluding carboxylic acids is 2. The van der Waals surface area contributed by atoms with Gasteiger partial charge in [0.2, 0.25) is 0 Å². The fraction of sp³-hybridized carbons (Fsp3) is 0.324. The van der Waals surface area contributed by atoms with Crippen LogP contribution >= 0.6 is 11.8 Å². The van der Waals surface area contributed by atoms with Crippen molar-refractivity contribution in [3.05, 3.63) is 131 Å². The van der Waals surface area contributed by atoms with Gasteiger partial charge in [0.1, 0.15) is 11.4 Å². The first-order chi connectivity index (χ1) is 21.2. The summed E-state index contributed by atoms with van der Waals surface area (Å²) in [5.41, 5.74) is 5.42. The molecule has 44 heavy (non-hydrogen) atoms. The summed E-state index contributed by atoms with van der Waals surface area (Å²) in [5.74, 6) is 1.47. The molecule has 0 saturated carbocycles. The van der Waals surface area contributed by atoms with Crippen LogP contribution < -0.4 is 4.90 Å². The highest BCUT2D eigenvalue weighted by molar-refractivity contribution is 7.99. The molecule has 0 radical (unpaired) electrons. The van der Waals surface area contributed by atoms with Crippen molar-refractivity contribution < 1.29 is 14.3 Å². The number of hydrogen-bond acceptors (Lipinski definition) is 6. The van der Waals surface area contributed by atoms with Crippen LogP contribution in [0.25, 0.3) is 0 Å². The maximum atomic E-state index is 12.9. The number of fused-ring (bicyclic) bond motifs is 3. The molecule has 0 N–H and O–H groups in total. The first-order valence-corrected chi connectivity index (χ1v) is 16.2. The van der Waals surface area contributed by atoms with Crippen LogP contribution in [0.5, 0.6) is 0 Å². The molecular weight excluding hydrogens is 566 g/mol. The van der Waals surface area contributed by atoms with E-state index in [9.17, 15) is 9.59 Å². The molecule has 2 atom stereocenters. The minimum absolute atomic E-state index is 0.0645. The Morgan fingerprint density at radius 3 is 1.95 bits per heavy atom. The second kappa shape index (κ2) is 12.1. The predicted molar refractivity (Wildman–Crippen MR) is 177 cm³/mol. The summed E-state index contributed by atoms with van der Waals surface area (Å²) in [7, 11) is 0. The van der Waals surface area contributed by atoms with Crippen molar-refractivity contribution in [3.8, 4) is 0 Å². The largest absolute Gasteiger partial charge is 0.444 e. The molecule has 2 aliphatic heterocycles. The zero-order chi connectivity index (χ0) is 30.9. The molecule has 4 aromatic rings. The van der Waals surface area contributed by atoms with Crippen LogP contribution in [0.4, 0.5) is 10.6 Å². The van der Waals surface area contributed by atoms with Crippen LogP contribution in [0.3, 0.4) is 0 Å². The van der Waals surface area contributed by atoms with Gasteiger partial charge in [-0.2, -0.15) is 0 Å². The molecule has 226 valence electrons. The van der Waals surface area contributed by atoms with Gasteiger partial charge >= 0.3 is 6.09 Å². The first-order valence-electron chi connectivity index (χ1n) is 15.2. The van der Waals surface area contributed by atoms with Crippen LogP contribution in [0.2, 0.25) is 0 Å². The van der Waals surface area contributed by atoms with Gasteiger partial charge in [0.05, 0.1) is 16.5 Å². The number of ether oxygens (including phenoxy) is 1. The van der Waals surface area contributed by atoms with Crippen molar-refractivity contribution >= 4 is 30.0 Å². The first kappa shape index (κ1) is 29.9. The van der Waals surface area contributed by atoms with E-state index in [-0.39, 0.29) is 18.2 Å². The summed E-state index contributed by atoms with van der Waals surface area (Å²) in [5, 5.41) is 0. The Labute approximate surface area is 264 Å². The van der Waals surface area contributed by atoms with Crippen LogP contribution in [0.1, 0.15) is 66.0 Å². The van der Waals surface area contributed by atoms with Crippen LogP contribution in [-0.4, -0.2) is 53.0 Å². The van der Waals surface area contributed by atoms with Gasteiger partial charge < -0.3 is 14.5 Å². The molecule has 0 spiro atoms. The van der Waals surface area contributed by atoms with Crippen molar-refractivity contribution in [2.24, 2.45) is 0 Å². The van der Waals surface area contributed by atoms with E-state index in [1.807, 2.05) is 49.9 Å². The van der Waals surface area contributed by atoms with Gasteiger partial charge in [-0.05, 0) is 62.4 Å². The Morgan fingerprint density at radius 1 is 0.909 bits per heavy atom. The minimum Gasteiger partial charge on any atom is -0.444 e. The number of pyridine rings is 1. The van der Waals surface area contributed by atoms with E-state index >= 15 is 0 Å². The van der Waals surface area contributed by atoms with Gasteiger partial charge in [0.15, 0.2) is 6.29 Å². The van der Waals surface area contributed by atoms with E-state index in [0.717, 1.165) is 29.8 Å². The Bertz CT molecular complexity index is 1530. The molecule has 1 saturated heterocycles. The summed E-state index contributed by atoms with van der Waals surface area (Å²) >= 11 is 1.79. The van der Waals surface area contributed by atoms with Crippen LogP contribution in [-0.2, 0) is 21.7 Å². The third-order valence-electron chi connectivity index (χ3n) is 8.42. The van der Waals surface area contributed by atoms with Crippen LogP contribution in [0.15, 0.2) is 97.1 Å². The molecule has 0 bridgehead atoms. The van der Waals surface area contributed by atoms with Gasteiger partial charge in [0, 0.05) is 30.4 Å². The second-order valence-corrected chi connectivity index (χ2v) is 13.9. The number of rotatable bonds is 7. The predicted octanol–water partition coefficient (Wildman–Crippen LogP) is 7.49. The third-order valence-corrected chi connectivity index (χ3v) is 9.98. The lowest BCUT2D eigenvalue weighted by molar-refractivity contribution is 0.0191. The van der Waals surface area contributed by atoms with Gasteiger partial charge in [-0.1, -0.05) is 91.0 Å². The highest BCUT2D eigenvalue weighted by atomic mass is 32.2. The monoisotopic (exact) mass is 605 g/mol. The topological polar surface area (TPSA) is 62.7 Å². The smallest absolute Gasteiger partial charge is 0.410 e. The molecular formula is C37H39N3O3S. The molecule has 0 unspecified atom stereocenters. The number of hydrogen-bond donors (Lipinski definition) is 0. The quantitative estimate of drug-likeness (QED) is 0.161. The number of amides is 1. The molecule has 1 amide bonds. The lowest BCUT2D eigenvalue weighted by atomic mass is 9.84. The Balaban J connectivity index is 1.35. The van der Waals surface area contributed by atoms with Crippen molar-refractivity contribution in [2.75, 3.05) is 18.0 Å². The Kier molecular flexibility index (Phi) is 8.25. The normalized spacial score (nSPS) is 18.0. The number of aromatic nitrogens is 1. The molecule has 3 heterocycles. The van der Waals surface area contributed by atoms with Gasteiger partial charge in [-0.25, -0.2) is 9.78 Å². The molecule has 3 aromatic carbocycles. The molecule has 6 rings (SSSR count). The summed E-state index contributed by atoms with van der Waals surface area (Å²) < 4.78 is 5.17. The number of anilines is 1. The summed E-state index contributed by atoms with van der Waals surface area (Å²) in [4.78, 5) is 34.8. The molecule has 2 aliphatic rings. The van der Waals surface area contributed by atoms with Crippen molar-refractivity contribution in [1.82, 2.24) is 9.88 Å². The number of aldehydes is 1. The standard InChI is InChI=1S/C37H39N3O3S/c1-26-22-39(35(42)43-36(2,3)4)23-32-21-27-20-28(24-41)33(38-34(27)40(26)32)25-44-37(29-14-8-5-9-15-29,30-16-10-6-11-17-30)31-18-12-7-13-19-31/h5-20,24,26,32H,21-23,25H2,1-4H3/t26-,32-/m1/s1. The van der Waals surface area contributed by atoms with E-state index in [0.29, 0.717) is 24.4 Å². The SMILES string of the molecule is C[C@@H]1CN(C(=O)OC(C)(C)C)C[C@H]2Cc3cc(C=O)c(CSC(c4ccccc4)(c4ccccc4)c4ccccc4)nc3N21. The van der Waals surface area contributed by atoms with Crippen LogP contribution in [0, 0.1) is 0 Å². The average Bonchev–Trinajstić information content (AvgIpc) is 3.39. The van der Waals surface area contributed by atoms with Crippen molar-refractivity contribution in [2.45, 2.75) is 62.3 Å². The van der Waals surface area contributed by atoms with E-state index in [1.165, 1.54) is 16.7 Å². The van der Waals surface area contributed by atoms with Crippen molar-refractivity contribution in [3.63, 3.8) is 0 Å². The molecule has 6 nitrogen and oxygen atoms in total. The zero-order valence-corrected chi connectivity index (χ0v) is 26.6. The molecule has 7 heteroatoms. The third kappa shape index (κ3) is 5.73. The highest BCUT2D eigenvalue weighted by Gasteiger charge is 2.42. The maximum absolute atomic E-state index is 12.9. The fourth-order valence-corrected chi connectivity index (χ4v) is 8.09. The molecule has 1 fully saturated rings. The second-order valence-electron chi connectivity index (χ2n) is 12.7. The minimum atomic E-state index is -0.544.